The zero-order valence-corrected chi connectivity index (χ0v) is 6.28. The van der Waals surface area contributed by atoms with Crippen LogP contribution in [0.2, 0.25) is 0 Å². The van der Waals surface area contributed by atoms with E-state index in [4.69, 9.17) is 5.26 Å². The molecule has 1 aliphatic rings. The Balaban J connectivity index is 2.34. The molecule has 4 heteroatoms. The van der Waals surface area contributed by atoms with Crippen LogP contribution in [0.3, 0.4) is 0 Å². The molecule has 1 rings (SSSR count). The van der Waals surface area contributed by atoms with Gasteiger partial charge in [0.05, 0.1) is 5.25 Å². The van der Waals surface area contributed by atoms with Crippen molar-refractivity contribution >= 4 is 17.7 Å². The van der Waals surface area contributed by atoms with Crippen molar-refractivity contribution in [1.29, 1.82) is 5.26 Å². The van der Waals surface area contributed by atoms with Gasteiger partial charge in [0.15, 0.2) is 6.19 Å². The lowest BCUT2D eigenvalue weighted by Crippen LogP contribution is -2.27. The third-order valence-electron chi connectivity index (χ3n) is 1.40. The van der Waals surface area contributed by atoms with Gasteiger partial charge in [0.1, 0.15) is 0 Å². The first kappa shape index (κ1) is 7.42. The largest absolute Gasteiger partial charge is 0.273 e. The summed E-state index contributed by atoms with van der Waals surface area (Å²) in [6.45, 7) is 0. The van der Waals surface area contributed by atoms with Crippen molar-refractivity contribution < 1.29 is 4.79 Å². The number of nitrogens with zero attached hydrogens (tertiary/aromatic N) is 1. The fraction of sp³-hybridized carbons (Fsp3) is 0.667. The molecule has 1 N–H and O–H groups in total. The number of carbonyl (C=O) groups excluding carboxylic acids is 1. The Morgan fingerprint density at radius 3 is 3.10 bits per heavy atom. The van der Waals surface area contributed by atoms with Gasteiger partial charge in [-0.25, -0.2) is 0 Å². The molecule has 0 aromatic rings. The van der Waals surface area contributed by atoms with Gasteiger partial charge in [-0.1, -0.05) is 0 Å². The van der Waals surface area contributed by atoms with Gasteiger partial charge >= 0.3 is 0 Å². The molecule has 0 aromatic heterocycles. The second-order valence-electron chi connectivity index (χ2n) is 2.10. The highest BCUT2D eigenvalue weighted by atomic mass is 32.2. The average Bonchev–Trinajstić information content (AvgIpc) is 2.38. The molecule has 0 bridgehead atoms. The van der Waals surface area contributed by atoms with Gasteiger partial charge < -0.3 is 0 Å². The van der Waals surface area contributed by atoms with Crippen molar-refractivity contribution in [3.63, 3.8) is 0 Å². The van der Waals surface area contributed by atoms with Crippen LogP contribution in [0.4, 0.5) is 0 Å². The van der Waals surface area contributed by atoms with Gasteiger partial charge in [-0.2, -0.15) is 5.26 Å². The number of amides is 1. The number of carbonyl (C=O) groups is 1. The molecule has 54 valence electrons. The summed E-state index contributed by atoms with van der Waals surface area (Å²) in [6.07, 6.45) is 3.64. The third-order valence-corrected chi connectivity index (χ3v) is 2.78. The van der Waals surface area contributed by atoms with Gasteiger partial charge in [-0.3, -0.25) is 10.1 Å². The van der Waals surface area contributed by atoms with E-state index in [0.717, 1.165) is 18.6 Å². The molecule has 3 nitrogen and oxygen atoms in total. The maximum absolute atomic E-state index is 10.9. The van der Waals surface area contributed by atoms with Crippen LogP contribution in [-0.2, 0) is 4.79 Å². The summed E-state index contributed by atoms with van der Waals surface area (Å²) < 4.78 is 0. The van der Waals surface area contributed by atoms with E-state index in [1.165, 1.54) is 0 Å². The van der Waals surface area contributed by atoms with Crippen molar-refractivity contribution in [2.75, 3.05) is 5.75 Å². The molecule has 1 fully saturated rings. The molecule has 1 amide bonds. The Bertz CT molecular complexity index is 169. The predicted octanol–water partition coefficient (Wildman–Crippen LogP) is 0.479. The molecular formula is C6H8N2OS. The molecule has 1 saturated heterocycles. The molecule has 0 spiro atoms. The number of nitrogens with one attached hydrogen (secondary N) is 1. The quantitative estimate of drug-likeness (QED) is 0.444. The van der Waals surface area contributed by atoms with Gasteiger partial charge in [0.25, 0.3) is 0 Å². The molecule has 0 saturated carbocycles. The third kappa shape index (κ3) is 1.64. The predicted molar refractivity (Wildman–Crippen MR) is 39.2 cm³/mol. The zero-order chi connectivity index (χ0) is 7.40. The number of nitriles is 1. The van der Waals surface area contributed by atoms with E-state index in [0.29, 0.717) is 0 Å². The smallest absolute Gasteiger partial charge is 0.246 e. The van der Waals surface area contributed by atoms with Crippen molar-refractivity contribution in [2.45, 2.75) is 18.1 Å². The second kappa shape index (κ2) is 3.47. The number of hydrogen-bond acceptors (Lipinski definition) is 3. The number of hydrogen-bond donors (Lipinski definition) is 1. The van der Waals surface area contributed by atoms with Gasteiger partial charge in [-0.15, -0.1) is 11.8 Å². The topological polar surface area (TPSA) is 52.9 Å². The summed E-state index contributed by atoms with van der Waals surface area (Å²) in [5, 5.41) is 10.3. The van der Waals surface area contributed by atoms with Gasteiger partial charge in [0.2, 0.25) is 5.91 Å². The first-order valence-corrected chi connectivity index (χ1v) is 4.20. The van der Waals surface area contributed by atoms with E-state index in [1.54, 1.807) is 18.0 Å². The van der Waals surface area contributed by atoms with Gasteiger partial charge in [0, 0.05) is 0 Å². The Morgan fingerprint density at radius 2 is 2.60 bits per heavy atom. The van der Waals surface area contributed by atoms with Crippen LogP contribution in [0.25, 0.3) is 0 Å². The van der Waals surface area contributed by atoms with Crippen molar-refractivity contribution in [3.8, 4) is 6.19 Å². The monoisotopic (exact) mass is 156 g/mol. The minimum absolute atomic E-state index is 0.0275. The van der Waals surface area contributed by atoms with E-state index < -0.39 is 0 Å². The Labute approximate surface area is 63.8 Å². The lowest BCUT2D eigenvalue weighted by Gasteiger charge is -2.02. The summed E-state index contributed by atoms with van der Waals surface area (Å²) in [7, 11) is 0. The highest BCUT2D eigenvalue weighted by Crippen LogP contribution is 2.25. The molecule has 10 heavy (non-hydrogen) atoms. The Morgan fingerprint density at radius 1 is 1.80 bits per heavy atom. The highest BCUT2D eigenvalue weighted by Gasteiger charge is 2.22. The number of thioether (sulfide) groups is 1. The van der Waals surface area contributed by atoms with Crippen molar-refractivity contribution in [2.24, 2.45) is 0 Å². The lowest BCUT2D eigenvalue weighted by atomic mass is 10.2. The molecular weight excluding hydrogens is 148 g/mol. The standard InChI is InChI=1S/C6H8N2OS/c7-4-8-6(9)5-2-1-3-10-5/h5H,1-3H2,(H,8,9). The van der Waals surface area contributed by atoms with E-state index in [1.807, 2.05) is 0 Å². The van der Waals surface area contributed by atoms with E-state index >= 15 is 0 Å². The fourth-order valence-corrected chi connectivity index (χ4v) is 2.08. The van der Waals surface area contributed by atoms with E-state index in [2.05, 4.69) is 5.32 Å². The second-order valence-corrected chi connectivity index (χ2v) is 3.41. The molecule has 1 aliphatic heterocycles. The first-order chi connectivity index (χ1) is 4.84. The summed E-state index contributed by atoms with van der Waals surface area (Å²) in [5.74, 6) is 0.911. The molecule has 0 radical (unpaired) electrons. The van der Waals surface area contributed by atoms with E-state index in [-0.39, 0.29) is 11.2 Å². The number of rotatable bonds is 1. The van der Waals surface area contributed by atoms with Crippen LogP contribution in [0.1, 0.15) is 12.8 Å². The minimum Gasteiger partial charge on any atom is -0.273 e. The van der Waals surface area contributed by atoms with Crippen LogP contribution in [0.15, 0.2) is 0 Å². The Hall–Kier alpha value is -0.690. The van der Waals surface area contributed by atoms with E-state index in [9.17, 15) is 4.79 Å². The van der Waals surface area contributed by atoms with Crippen molar-refractivity contribution in [1.82, 2.24) is 5.32 Å². The molecule has 1 heterocycles. The van der Waals surface area contributed by atoms with Crippen LogP contribution in [0.5, 0.6) is 0 Å². The first-order valence-electron chi connectivity index (χ1n) is 3.15. The van der Waals surface area contributed by atoms with Crippen LogP contribution in [-0.4, -0.2) is 16.9 Å². The minimum atomic E-state index is -0.134. The Kier molecular flexibility index (Phi) is 2.57. The van der Waals surface area contributed by atoms with Crippen molar-refractivity contribution in [3.05, 3.63) is 0 Å². The summed E-state index contributed by atoms with van der Waals surface area (Å²) in [6, 6.07) is 0. The average molecular weight is 156 g/mol. The zero-order valence-electron chi connectivity index (χ0n) is 5.46. The maximum atomic E-state index is 10.9. The maximum Gasteiger partial charge on any atom is 0.246 e. The SMILES string of the molecule is N#CNC(=O)C1CCCS1. The lowest BCUT2D eigenvalue weighted by molar-refractivity contribution is -0.119. The van der Waals surface area contributed by atoms with Crippen LogP contribution < -0.4 is 5.32 Å². The fourth-order valence-electron chi connectivity index (χ4n) is 0.920. The summed E-state index contributed by atoms with van der Waals surface area (Å²) >= 11 is 1.63. The molecule has 0 aromatic carbocycles. The molecule has 1 unspecified atom stereocenters. The van der Waals surface area contributed by atoms with Crippen LogP contribution in [0, 0.1) is 11.5 Å². The van der Waals surface area contributed by atoms with Gasteiger partial charge in [-0.05, 0) is 18.6 Å². The summed E-state index contributed by atoms with van der Waals surface area (Å²) in [5.41, 5.74) is 0. The normalized spacial score (nSPS) is 23.7. The molecule has 1 atom stereocenters. The highest BCUT2D eigenvalue weighted by molar-refractivity contribution is 8.00. The molecule has 0 aliphatic carbocycles. The summed E-state index contributed by atoms with van der Waals surface area (Å²) in [4.78, 5) is 10.9. The van der Waals surface area contributed by atoms with Crippen LogP contribution >= 0.6 is 11.8 Å².